The van der Waals surface area contributed by atoms with Gasteiger partial charge in [0.1, 0.15) is 0 Å². The van der Waals surface area contributed by atoms with Crippen molar-refractivity contribution in [2.45, 2.75) is 38.6 Å². The Hall–Kier alpha value is -1.14. The third-order valence-electron chi connectivity index (χ3n) is 3.63. The average Bonchev–Trinajstić information content (AvgIpc) is 3.04. The van der Waals surface area contributed by atoms with Gasteiger partial charge < -0.3 is 14.5 Å². The van der Waals surface area contributed by atoms with Gasteiger partial charge in [-0.05, 0) is 33.9 Å². The highest BCUT2D eigenvalue weighted by molar-refractivity contribution is 7.13. The number of ether oxygens (including phenoxy) is 1. The van der Waals surface area contributed by atoms with Crippen LogP contribution in [0.5, 0.6) is 0 Å². The monoisotopic (exact) mass is 311 g/mol. The SMILES string of the molecule is CCOC(=O)CCc1csc(N2CCCC2CN(C)C)n1. The molecule has 0 saturated carbocycles. The second-order valence-electron chi connectivity index (χ2n) is 5.68. The molecule has 1 unspecified atom stereocenters. The van der Waals surface area contributed by atoms with E-state index in [-0.39, 0.29) is 5.97 Å². The molecule has 1 aromatic heterocycles. The van der Waals surface area contributed by atoms with Gasteiger partial charge >= 0.3 is 5.97 Å². The second kappa shape index (κ2) is 7.75. The van der Waals surface area contributed by atoms with Gasteiger partial charge in [0.25, 0.3) is 0 Å². The Balaban J connectivity index is 1.91. The zero-order valence-corrected chi connectivity index (χ0v) is 14.0. The lowest BCUT2D eigenvalue weighted by Crippen LogP contribution is -2.37. The van der Waals surface area contributed by atoms with Crippen LogP contribution in [0.15, 0.2) is 5.38 Å². The number of thiazole rings is 1. The molecule has 1 aliphatic heterocycles. The van der Waals surface area contributed by atoms with Crippen LogP contribution in [0.4, 0.5) is 5.13 Å². The maximum atomic E-state index is 11.4. The molecule has 21 heavy (non-hydrogen) atoms. The number of anilines is 1. The van der Waals surface area contributed by atoms with Crippen LogP contribution in [0.3, 0.4) is 0 Å². The van der Waals surface area contributed by atoms with E-state index in [9.17, 15) is 4.79 Å². The minimum atomic E-state index is -0.140. The molecule has 5 nitrogen and oxygen atoms in total. The van der Waals surface area contributed by atoms with Crippen LogP contribution in [0.25, 0.3) is 0 Å². The Morgan fingerprint density at radius 3 is 3.10 bits per heavy atom. The highest BCUT2D eigenvalue weighted by atomic mass is 32.1. The third kappa shape index (κ3) is 4.68. The van der Waals surface area contributed by atoms with Gasteiger partial charge in [-0.3, -0.25) is 4.79 Å². The van der Waals surface area contributed by atoms with E-state index in [0.717, 1.165) is 23.9 Å². The summed E-state index contributed by atoms with van der Waals surface area (Å²) in [5.41, 5.74) is 0.999. The number of aryl methyl sites for hydroxylation is 1. The van der Waals surface area contributed by atoms with Gasteiger partial charge in [0.2, 0.25) is 0 Å². The lowest BCUT2D eigenvalue weighted by atomic mass is 10.2. The van der Waals surface area contributed by atoms with Crippen molar-refractivity contribution >= 4 is 22.4 Å². The molecular formula is C15H25N3O2S. The minimum Gasteiger partial charge on any atom is -0.466 e. The Morgan fingerprint density at radius 2 is 2.38 bits per heavy atom. The lowest BCUT2D eigenvalue weighted by molar-refractivity contribution is -0.143. The Kier molecular flexibility index (Phi) is 5.99. The van der Waals surface area contributed by atoms with Gasteiger partial charge in [0, 0.05) is 30.9 Å². The number of nitrogens with zero attached hydrogens (tertiary/aromatic N) is 3. The van der Waals surface area contributed by atoms with Crippen molar-refractivity contribution < 1.29 is 9.53 Å². The number of rotatable bonds is 7. The van der Waals surface area contributed by atoms with E-state index in [1.54, 1.807) is 11.3 Å². The number of esters is 1. The van der Waals surface area contributed by atoms with E-state index in [4.69, 9.17) is 9.72 Å². The molecule has 0 aromatic carbocycles. The minimum absolute atomic E-state index is 0.140. The van der Waals surface area contributed by atoms with Gasteiger partial charge in [-0.15, -0.1) is 11.3 Å². The summed E-state index contributed by atoms with van der Waals surface area (Å²) >= 11 is 1.69. The normalized spacial score (nSPS) is 18.5. The molecule has 0 amide bonds. The first-order valence-electron chi connectivity index (χ1n) is 7.61. The predicted octanol–water partition coefficient (Wildman–Crippen LogP) is 2.17. The molecule has 1 saturated heterocycles. The number of aromatic nitrogens is 1. The summed E-state index contributed by atoms with van der Waals surface area (Å²) in [6.07, 6.45) is 3.55. The molecule has 1 atom stereocenters. The van der Waals surface area contributed by atoms with Crippen LogP contribution >= 0.6 is 11.3 Å². The van der Waals surface area contributed by atoms with Gasteiger partial charge in [-0.1, -0.05) is 0 Å². The summed E-state index contributed by atoms with van der Waals surface area (Å²) < 4.78 is 4.95. The number of hydrogen-bond donors (Lipinski definition) is 0. The van der Waals surface area contributed by atoms with Crippen molar-refractivity contribution in [2.24, 2.45) is 0 Å². The van der Waals surface area contributed by atoms with E-state index >= 15 is 0 Å². The molecule has 2 heterocycles. The molecule has 0 spiro atoms. The number of carbonyl (C=O) groups excluding carboxylic acids is 1. The van der Waals surface area contributed by atoms with Crippen molar-refractivity contribution in [3.63, 3.8) is 0 Å². The van der Waals surface area contributed by atoms with Crippen molar-refractivity contribution in [1.82, 2.24) is 9.88 Å². The van der Waals surface area contributed by atoms with E-state index in [0.29, 0.717) is 25.5 Å². The second-order valence-corrected chi connectivity index (χ2v) is 6.51. The molecule has 0 N–H and O–H groups in total. The predicted molar refractivity (Wildman–Crippen MR) is 86.0 cm³/mol. The zero-order chi connectivity index (χ0) is 15.2. The summed E-state index contributed by atoms with van der Waals surface area (Å²) in [6, 6.07) is 0.559. The first-order valence-corrected chi connectivity index (χ1v) is 8.49. The fraction of sp³-hybridized carbons (Fsp3) is 0.733. The quantitative estimate of drug-likeness (QED) is 0.722. The van der Waals surface area contributed by atoms with E-state index in [1.807, 2.05) is 6.92 Å². The summed E-state index contributed by atoms with van der Waals surface area (Å²) in [5.74, 6) is -0.140. The molecular weight excluding hydrogens is 286 g/mol. The van der Waals surface area contributed by atoms with Crippen LogP contribution in [-0.2, 0) is 16.0 Å². The Bertz CT molecular complexity index is 462. The molecule has 1 fully saturated rings. The fourth-order valence-electron chi connectivity index (χ4n) is 2.71. The number of hydrogen-bond acceptors (Lipinski definition) is 6. The Morgan fingerprint density at radius 1 is 1.57 bits per heavy atom. The van der Waals surface area contributed by atoms with Crippen LogP contribution in [0.2, 0.25) is 0 Å². The van der Waals surface area contributed by atoms with Gasteiger partial charge in [0.15, 0.2) is 5.13 Å². The molecule has 1 aromatic rings. The van der Waals surface area contributed by atoms with Crippen molar-refractivity contribution in [3.8, 4) is 0 Å². The molecule has 0 radical (unpaired) electrons. The maximum Gasteiger partial charge on any atom is 0.306 e. The molecule has 1 aliphatic rings. The number of likely N-dealkylation sites (N-methyl/N-ethyl adjacent to an activating group) is 1. The standard InChI is InChI=1S/C15H25N3O2S/c1-4-20-14(19)8-7-12-11-21-15(16-12)18-9-5-6-13(18)10-17(2)3/h11,13H,4-10H2,1-3H3. The van der Waals surface area contributed by atoms with E-state index in [2.05, 4.69) is 29.3 Å². The van der Waals surface area contributed by atoms with Crippen LogP contribution in [-0.4, -0.2) is 55.7 Å². The maximum absolute atomic E-state index is 11.4. The molecule has 0 aliphatic carbocycles. The topological polar surface area (TPSA) is 45.7 Å². The van der Waals surface area contributed by atoms with Crippen molar-refractivity contribution in [3.05, 3.63) is 11.1 Å². The third-order valence-corrected chi connectivity index (χ3v) is 4.56. The van der Waals surface area contributed by atoms with Gasteiger partial charge in [-0.2, -0.15) is 0 Å². The molecule has 6 heteroatoms. The van der Waals surface area contributed by atoms with Crippen LogP contribution in [0, 0.1) is 0 Å². The highest BCUT2D eigenvalue weighted by Gasteiger charge is 2.27. The van der Waals surface area contributed by atoms with Crippen molar-refractivity contribution in [2.75, 3.05) is 38.7 Å². The zero-order valence-electron chi connectivity index (χ0n) is 13.2. The van der Waals surface area contributed by atoms with Crippen molar-refractivity contribution in [1.29, 1.82) is 0 Å². The number of carbonyl (C=O) groups is 1. The summed E-state index contributed by atoms with van der Waals surface area (Å²) in [5, 5.41) is 3.16. The van der Waals surface area contributed by atoms with Gasteiger partial charge in [0.05, 0.1) is 18.7 Å². The molecule has 118 valence electrons. The summed E-state index contributed by atoms with van der Waals surface area (Å²) in [7, 11) is 4.23. The van der Waals surface area contributed by atoms with E-state index in [1.165, 1.54) is 12.8 Å². The highest BCUT2D eigenvalue weighted by Crippen LogP contribution is 2.29. The lowest BCUT2D eigenvalue weighted by Gasteiger charge is -2.26. The van der Waals surface area contributed by atoms with Crippen LogP contribution < -0.4 is 4.90 Å². The summed E-state index contributed by atoms with van der Waals surface area (Å²) in [4.78, 5) is 20.7. The van der Waals surface area contributed by atoms with E-state index < -0.39 is 0 Å². The summed E-state index contributed by atoms with van der Waals surface area (Å²) in [6.45, 7) is 4.43. The molecule has 2 rings (SSSR count). The fourth-order valence-corrected chi connectivity index (χ4v) is 3.66. The largest absolute Gasteiger partial charge is 0.466 e. The van der Waals surface area contributed by atoms with Crippen LogP contribution in [0.1, 0.15) is 31.9 Å². The smallest absolute Gasteiger partial charge is 0.306 e. The first-order chi connectivity index (χ1) is 10.1. The average molecular weight is 311 g/mol. The molecule has 0 bridgehead atoms. The Labute approximate surface area is 130 Å². The first kappa shape index (κ1) is 16.2. The van der Waals surface area contributed by atoms with Gasteiger partial charge in [-0.25, -0.2) is 4.98 Å².